The summed E-state index contributed by atoms with van der Waals surface area (Å²) in [5.74, 6) is 1.74. The minimum absolute atomic E-state index is 0.110. The molecular formula is C26H32FN5O2S. The van der Waals surface area contributed by atoms with E-state index in [0.29, 0.717) is 48.0 Å². The van der Waals surface area contributed by atoms with Crippen LogP contribution in [0.1, 0.15) is 32.7 Å². The number of piperazine rings is 1. The van der Waals surface area contributed by atoms with E-state index in [4.69, 9.17) is 4.74 Å². The van der Waals surface area contributed by atoms with Gasteiger partial charge in [0.1, 0.15) is 11.6 Å². The van der Waals surface area contributed by atoms with Crippen LogP contribution in [0.5, 0.6) is 5.75 Å². The topological polar surface area (TPSA) is 63.5 Å². The number of benzene rings is 2. The lowest BCUT2D eigenvalue weighted by Crippen LogP contribution is -2.49. The summed E-state index contributed by atoms with van der Waals surface area (Å²) in [4.78, 5) is 17.2. The molecule has 0 radical (unpaired) electrons. The first-order valence-electron chi connectivity index (χ1n) is 12.0. The molecule has 1 atom stereocenters. The minimum Gasteiger partial charge on any atom is -0.483 e. The van der Waals surface area contributed by atoms with Crippen LogP contribution < -0.4 is 9.64 Å². The lowest BCUT2D eigenvalue weighted by atomic mass is 10.2. The second kappa shape index (κ2) is 11.6. The number of anilines is 1. The van der Waals surface area contributed by atoms with Crippen LogP contribution in [0.3, 0.4) is 0 Å². The van der Waals surface area contributed by atoms with E-state index in [1.165, 1.54) is 29.6 Å². The van der Waals surface area contributed by atoms with Crippen molar-refractivity contribution in [3.8, 4) is 5.75 Å². The fourth-order valence-electron chi connectivity index (χ4n) is 4.08. The first-order chi connectivity index (χ1) is 16.9. The first kappa shape index (κ1) is 25.0. The molecule has 186 valence electrons. The largest absolute Gasteiger partial charge is 0.483 e. The number of hydrogen-bond donors (Lipinski definition) is 0. The molecule has 0 N–H and O–H groups in total. The van der Waals surface area contributed by atoms with E-state index in [-0.39, 0.29) is 17.8 Å². The second-order valence-corrected chi connectivity index (χ2v) is 9.99. The van der Waals surface area contributed by atoms with Gasteiger partial charge < -0.3 is 19.1 Å². The summed E-state index contributed by atoms with van der Waals surface area (Å²) in [6.07, 6.45) is -0.372. The third-order valence-corrected chi connectivity index (χ3v) is 6.81. The average Bonchev–Trinajstić information content (AvgIpc) is 3.26. The van der Waals surface area contributed by atoms with Crippen molar-refractivity contribution in [1.82, 2.24) is 19.7 Å². The van der Waals surface area contributed by atoms with Crippen LogP contribution in [0.25, 0.3) is 0 Å². The van der Waals surface area contributed by atoms with Gasteiger partial charge in [-0.2, -0.15) is 0 Å². The monoisotopic (exact) mass is 497 g/mol. The molecule has 1 aliphatic rings. The summed E-state index contributed by atoms with van der Waals surface area (Å²) in [7, 11) is 0. The van der Waals surface area contributed by atoms with Gasteiger partial charge in [0.2, 0.25) is 5.91 Å². The van der Waals surface area contributed by atoms with Crippen molar-refractivity contribution >= 4 is 23.4 Å². The number of para-hydroxylation sites is 1. The Morgan fingerprint density at radius 3 is 2.34 bits per heavy atom. The Labute approximate surface area is 210 Å². The Hall–Kier alpha value is -3.07. The highest BCUT2D eigenvalue weighted by atomic mass is 32.2. The van der Waals surface area contributed by atoms with Crippen LogP contribution in [0, 0.1) is 11.7 Å². The molecule has 7 nitrogen and oxygen atoms in total. The Kier molecular flexibility index (Phi) is 8.28. The number of thioether (sulfide) groups is 1. The van der Waals surface area contributed by atoms with Gasteiger partial charge in [-0.1, -0.05) is 43.8 Å². The molecule has 0 spiro atoms. The van der Waals surface area contributed by atoms with Gasteiger partial charge in [0.05, 0.1) is 5.75 Å². The number of carbonyl (C=O) groups is 1. The van der Waals surface area contributed by atoms with Crippen molar-refractivity contribution in [3.63, 3.8) is 0 Å². The van der Waals surface area contributed by atoms with E-state index in [0.717, 1.165) is 13.1 Å². The molecule has 4 rings (SSSR count). The molecule has 1 unspecified atom stereocenters. The van der Waals surface area contributed by atoms with Crippen LogP contribution in [0.4, 0.5) is 10.1 Å². The van der Waals surface area contributed by atoms with Gasteiger partial charge in [-0.05, 0) is 49.2 Å². The van der Waals surface area contributed by atoms with Gasteiger partial charge in [-0.3, -0.25) is 4.79 Å². The van der Waals surface area contributed by atoms with Crippen molar-refractivity contribution in [2.75, 3.05) is 36.8 Å². The van der Waals surface area contributed by atoms with E-state index in [1.54, 1.807) is 12.1 Å². The highest BCUT2D eigenvalue weighted by Gasteiger charge is 2.24. The zero-order chi connectivity index (χ0) is 24.8. The molecule has 0 bridgehead atoms. The van der Waals surface area contributed by atoms with Crippen molar-refractivity contribution in [2.45, 2.75) is 38.6 Å². The van der Waals surface area contributed by atoms with E-state index >= 15 is 0 Å². The molecule has 3 aromatic rings. The number of aromatic nitrogens is 3. The van der Waals surface area contributed by atoms with Crippen LogP contribution in [0.15, 0.2) is 59.8 Å². The standard InChI is InChI=1S/C26H32FN5O2S/c1-19(2)17-32-25(20(3)34-23-11-9-21(27)10-12-23)28-29-26(32)35-18-24(33)31-15-13-30(14-16-31)22-7-5-4-6-8-22/h4-12,19-20H,13-18H2,1-3H3. The molecule has 9 heteroatoms. The second-order valence-electron chi connectivity index (χ2n) is 9.05. The number of ether oxygens (including phenoxy) is 1. The third-order valence-electron chi connectivity index (χ3n) is 5.86. The van der Waals surface area contributed by atoms with Gasteiger partial charge in [-0.25, -0.2) is 4.39 Å². The molecule has 0 saturated carbocycles. The quantitative estimate of drug-likeness (QED) is 0.401. The van der Waals surface area contributed by atoms with Crippen molar-refractivity contribution in [2.24, 2.45) is 5.92 Å². The fraction of sp³-hybridized carbons (Fsp3) is 0.423. The smallest absolute Gasteiger partial charge is 0.233 e. The van der Waals surface area contributed by atoms with Crippen molar-refractivity contribution < 1.29 is 13.9 Å². The summed E-state index contributed by atoms with van der Waals surface area (Å²) in [5.41, 5.74) is 1.19. The summed E-state index contributed by atoms with van der Waals surface area (Å²) in [5, 5.41) is 9.46. The maximum Gasteiger partial charge on any atom is 0.233 e. The van der Waals surface area contributed by atoms with Crippen LogP contribution in [0.2, 0.25) is 0 Å². The van der Waals surface area contributed by atoms with E-state index in [9.17, 15) is 9.18 Å². The predicted molar refractivity (Wildman–Crippen MR) is 136 cm³/mol. The first-order valence-corrected chi connectivity index (χ1v) is 12.9. The van der Waals surface area contributed by atoms with E-state index in [1.807, 2.05) is 34.6 Å². The summed E-state index contributed by atoms with van der Waals surface area (Å²) < 4.78 is 21.2. The normalized spacial score (nSPS) is 14.9. The molecule has 2 heterocycles. The number of nitrogens with zero attached hydrogens (tertiary/aromatic N) is 5. The molecule has 0 aliphatic carbocycles. The lowest BCUT2D eigenvalue weighted by molar-refractivity contribution is -0.128. The predicted octanol–water partition coefficient (Wildman–Crippen LogP) is 4.65. The molecule has 1 aliphatic heterocycles. The third kappa shape index (κ3) is 6.54. The Morgan fingerprint density at radius 2 is 1.69 bits per heavy atom. The average molecular weight is 498 g/mol. The Balaban J connectivity index is 1.36. The fourth-order valence-corrected chi connectivity index (χ4v) is 4.94. The highest BCUT2D eigenvalue weighted by molar-refractivity contribution is 7.99. The summed E-state index contributed by atoms with van der Waals surface area (Å²) >= 11 is 1.41. The van der Waals surface area contributed by atoms with Gasteiger partial charge in [0, 0.05) is 38.4 Å². The van der Waals surface area contributed by atoms with Gasteiger partial charge >= 0.3 is 0 Å². The van der Waals surface area contributed by atoms with Crippen LogP contribution in [-0.2, 0) is 11.3 Å². The number of rotatable bonds is 9. The van der Waals surface area contributed by atoms with Gasteiger partial charge in [0.25, 0.3) is 0 Å². The number of halogens is 1. The molecule has 1 saturated heterocycles. The summed E-state index contributed by atoms with van der Waals surface area (Å²) in [6.45, 7) is 9.93. The molecule has 35 heavy (non-hydrogen) atoms. The maximum atomic E-state index is 13.2. The summed E-state index contributed by atoms with van der Waals surface area (Å²) in [6, 6.07) is 16.2. The molecule has 1 amide bonds. The van der Waals surface area contributed by atoms with Crippen LogP contribution in [-0.4, -0.2) is 57.5 Å². The lowest BCUT2D eigenvalue weighted by Gasteiger charge is -2.36. The SMILES string of the molecule is CC(C)Cn1c(SCC(=O)N2CCN(c3ccccc3)CC2)nnc1C(C)Oc1ccc(F)cc1. The van der Waals surface area contributed by atoms with Gasteiger partial charge in [-0.15, -0.1) is 10.2 Å². The molecular weight excluding hydrogens is 465 g/mol. The number of hydrogen-bond acceptors (Lipinski definition) is 6. The number of amides is 1. The van der Waals surface area contributed by atoms with E-state index < -0.39 is 0 Å². The molecule has 1 fully saturated rings. The Morgan fingerprint density at radius 1 is 1.00 bits per heavy atom. The zero-order valence-electron chi connectivity index (χ0n) is 20.4. The van der Waals surface area contributed by atoms with E-state index in [2.05, 4.69) is 41.1 Å². The van der Waals surface area contributed by atoms with Crippen molar-refractivity contribution in [3.05, 3.63) is 66.2 Å². The zero-order valence-corrected chi connectivity index (χ0v) is 21.2. The van der Waals surface area contributed by atoms with Gasteiger partial charge in [0.15, 0.2) is 17.1 Å². The maximum absolute atomic E-state index is 13.2. The Bertz CT molecular complexity index is 1100. The molecule has 2 aromatic carbocycles. The minimum atomic E-state index is -0.372. The highest BCUT2D eigenvalue weighted by Crippen LogP contribution is 2.26. The molecule has 1 aromatic heterocycles. The van der Waals surface area contributed by atoms with Crippen molar-refractivity contribution in [1.29, 1.82) is 0 Å². The van der Waals surface area contributed by atoms with Crippen LogP contribution >= 0.6 is 11.8 Å². The number of carbonyl (C=O) groups excluding carboxylic acids is 1.